The van der Waals surface area contributed by atoms with E-state index in [1.54, 1.807) is 31.1 Å². The molecule has 0 saturated carbocycles. The molecule has 0 radical (unpaired) electrons. The highest BCUT2D eigenvalue weighted by atomic mass is 16.5. The fourth-order valence-electron chi connectivity index (χ4n) is 5.49. The van der Waals surface area contributed by atoms with E-state index in [1.165, 1.54) is 13.5 Å². The lowest BCUT2D eigenvalue weighted by Crippen LogP contribution is -2.50. The normalized spacial score (nSPS) is 17.4. The third-order valence-corrected chi connectivity index (χ3v) is 8.31. The number of carbonyl (C=O) groups is 4. The molecule has 11 heteroatoms. The molecule has 0 aromatic heterocycles. The number of nitrogens with zero attached hydrogens (tertiary/aromatic N) is 2. The van der Waals surface area contributed by atoms with Gasteiger partial charge in [-0.15, -0.1) is 0 Å². The summed E-state index contributed by atoms with van der Waals surface area (Å²) in [6, 6.07) is 9.77. The van der Waals surface area contributed by atoms with E-state index >= 15 is 0 Å². The third-order valence-electron chi connectivity index (χ3n) is 8.31. The van der Waals surface area contributed by atoms with Crippen molar-refractivity contribution >= 4 is 24.6 Å². The average Bonchev–Trinajstić information content (AvgIpc) is 3.58. The molecule has 272 valence electrons. The molecule has 47 heavy (non-hydrogen) atoms. The summed E-state index contributed by atoms with van der Waals surface area (Å²) in [6.07, 6.45) is 7.39. The van der Waals surface area contributed by atoms with Crippen molar-refractivity contribution < 1.29 is 33.4 Å². The number of nitrogens with two attached hydrogens (primary N) is 1. The van der Waals surface area contributed by atoms with Crippen molar-refractivity contribution in [2.75, 3.05) is 48.5 Å². The average molecular weight is 667 g/mol. The zero-order valence-electron chi connectivity index (χ0n) is 31.1. The van der Waals surface area contributed by atoms with Crippen LogP contribution in [0.1, 0.15) is 79.2 Å². The number of carbonyl (C=O) groups excluding carboxylic acids is 4. The highest BCUT2D eigenvalue weighted by Gasteiger charge is 2.34. The first-order valence-electron chi connectivity index (χ1n) is 16.9. The van der Waals surface area contributed by atoms with Gasteiger partial charge in [0.25, 0.3) is 0 Å². The summed E-state index contributed by atoms with van der Waals surface area (Å²) in [7, 11) is 8.26. The highest BCUT2D eigenvalue weighted by molar-refractivity contribution is 5.78. The molecule has 1 aromatic carbocycles. The monoisotopic (exact) mass is 666 g/mol. The van der Waals surface area contributed by atoms with Crippen molar-refractivity contribution in [3.8, 4) is 0 Å². The Balaban J connectivity index is 0. The lowest BCUT2D eigenvalue weighted by Gasteiger charge is -2.37. The first kappa shape index (κ1) is 46.3. The Bertz CT molecular complexity index is 949. The van der Waals surface area contributed by atoms with Gasteiger partial charge in [0, 0.05) is 33.7 Å². The van der Waals surface area contributed by atoms with Crippen molar-refractivity contribution in [3.05, 3.63) is 35.9 Å². The van der Waals surface area contributed by atoms with E-state index in [9.17, 15) is 19.2 Å². The van der Waals surface area contributed by atoms with Crippen LogP contribution in [0.2, 0.25) is 0 Å². The maximum Gasteiger partial charge on any atom is 0.323 e. The second kappa shape index (κ2) is 28.2. The van der Waals surface area contributed by atoms with E-state index in [1.807, 2.05) is 44.3 Å². The number of nitrogens with one attached hydrogen (secondary N) is 1. The van der Waals surface area contributed by atoms with Crippen LogP contribution in [0.15, 0.2) is 30.3 Å². The second-order valence-corrected chi connectivity index (χ2v) is 11.8. The Hall–Kier alpha value is -2.86. The Morgan fingerprint density at radius 3 is 2.04 bits per heavy atom. The third kappa shape index (κ3) is 17.2. The van der Waals surface area contributed by atoms with Crippen LogP contribution in [0.25, 0.3) is 0 Å². The maximum absolute atomic E-state index is 11.7. The van der Waals surface area contributed by atoms with Crippen molar-refractivity contribution in [3.63, 3.8) is 0 Å². The summed E-state index contributed by atoms with van der Waals surface area (Å²) in [5.74, 6) is -0.00639. The quantitative estimate of drug-likeness (QED) is 0.197. The Morgan fingerprint density at radius 2 is 1.64 bits per heavy atom. The zero-order chi connectivity index (χ0) is 36.4. The zero-order valence-corrected chi connectivity index (χ0v) is 31.1. The largest absolute Gasteiger partial charge is 0.468 e. The van der Waals surface area contributed by atoms with Gasteiger partial charge in [-0.3, -0.25) is 14.4 Å². The number of rotatable bonds is 16. The fourth-order valence-corrected chi connectivity index (χ4v) is 5.49. The van der Waals surface area contributed by atoms with E-state index in [0.717, 1.165) is 50.5 Å². The molecule has 7 unspecified atom stereocenters. The first-order chi connectivity index (χ1) is 22.5. The number of hydrogen-bond acceptors (Lipinski definition) is 9. The molecule has 1 saturated heterocycles. The molecule has 0 aliphatic carbocycles. The van der Waals surface area contributed by atoms with Gasteiger partial charge in [0.05, 0.1) is 37.9 Å². The van der Waals surface area contributed by atoms with E-state index in [0.29, 0.717) is 12.3 Å². The topological polar surface area (TPSA) is 140 Å². The molecule has 0 spiro atoms. The Kier molecular flexibility index (Phi) is 27.7. The maximum atomic E-state index is 11.7. The van der Waals surface area contributed by atoms with Gasteiger partial charge in [0.15, 0.2) is 0 Å². The summed E-state index contributed by atoms with van der Waals surface area (Å²) in [6.45, 7) is 13.3. The number of likely N-dealkylation sites (N-methyl/N-ethyl adjacent to an activating group) is 2. The van der Waals surface area contributed by atoms with Gasteiger partial charge in [-0.05, 0) is 44.2 Å². The van der Waals surface area contributed by atoms with Crippen LogP contribution in [0, 0.1) is 11.8 Å². The van der Waals surface area contributed by atoms with Gasteiger partial charge >= 0.3 is 5.97 Å². The van der Waals surface area contributed by atoms with Crippen LogP contribution < -0.4 is 11.1 Å². The lowest BCUT2D eigenvalue weighted by molar-refractivity contribution is -0.143. The molecule has 0 bridgehead atoms. The Morgan fingerprint density at radius 1 is 1.04 bits per heavy atom. The Labute approximate surface area is 285 Å². The predicted octanol–water partition coefficient (Wildman–Crippen LogP) is 4.11. The van der Waals surface area contributed by atoms with E-state index < -0.39 is 0 Å². The summed E-state index contributed by atoms with van der Waals surface area (Å²) < 4.78 is 15.4. The van der Waals surface area contributed by atoms with Gasteiger partial charge in [-0.2, -0.15) is 0 Å². The molecule has 1 aromatic rings. The minimum atomic E-state index is -0.262. The van der Waals surface area contributed by atoms with Crippen LogP contribution in [-0.4, -0.2) is 113 Å². The van der Waals surface area contributed by atoms with Gasteiger partial charge in [0.2, 0.25) is 12.3 Å². The summed E-state index contributed by atoms with van der Waals surface area (Å²) in [5, 5.41) is 2.93. The van der Waals surface area contributed by atoms with E-state index in [4.69, 9.17) is 15.2 Å². The summed E-state index contributed by atoms with van der Waals surface area (Å²) >= 11 is 0. The van der Waals surface area contributed by atoms with E-state index in [-0.39, 0.29) is 54.7 Å². The number of aldehydes is 1. The number of esters is 1. The van der Waals surface area contributed by atoms with Gasteiger partial charge < -0.3 is 39.9 Å². The van der Waals surface area contributed by atoms with Crippen LogP contribution >= 0.6 is 0 Å². The van der Waals surface area contributed by atoms with Crippen LogP contribution in [0.4, 0.5) is 0 Å². The predicted molar refractivity (Wildman–Crippen MR) is 189 cm³/mol. The van der Waals surface area contributed by atoms with Crippen molar-refractivity contribution in [2.24, 2.45) is 17.6 Å². The minimum Gasteiger partial charge on any atom is -0.468 e. The molecule has 1 fully saturated rings. The number of hydrogen-bond donors (Lipinski definition) is 2. The lowest BCUT2D eigenvalue weighted by atomic mass is 9.91. The molecule has 1 heterocycles. The van der Waals surface area contributed by atoms with Crippen LogP contribution in [0.5, 0.6) is 0 Å². The number of likely N-dealkylation sites (tertiary alicyclic amines) is 1. The number of amides is 2. The molecule has 1 aliphatic heterocycles. The number of methoxy groups -OCH3 is 3. The fraction of sp³-hybridized carbons (Fsp3) is 0.722. The molecular weight excluding hydrogens is 600 g/mol. The van der Waals surface area contributed by atoms with Gasteiger partial charge in [0.1, 0.15) is 12.3 Å². The van der Waals surface area contributed by atoms with Crippen molar-refractivity contribution in [1.82, 2.24) is 15.1 Å². The van der Waals surface area contributed by atoms with Crippen molar-refractivity contribution in [2.45, 2.75) is 110 Å². The van der Waals surface area contributed by atoms with Gasteiger partial charge in [-0.1, -0.05) is 84.7 Å². The molecule has 7 atom stereocenters. The summed E-state index contributed by atoms with van der Waals surface area (Å²) in [5.41, 5.74) is 6.53. The van der Waals surface area contributed by atoms with E-state index in [2.05, 4.69) is 44.7 Å². The smallest absolute Gasteiger partial charge is 0.323 e. The molecule has 2 amide bonds. The highest BCUT2D eigenvalue weighted by Crippen LogP contribution is 2.24. The SMILES string of the molecule is CCC.CCC(C)C(C(CC)OC)N(C)C(=O)CN.CNC(Cc1ccccc1)C(=O)OC.COC(C(C)C=O)C1CCCN1C=O. The second-order valence-electron chi connectivity index (χ2n) is 11.8. The number of ether oxygens (including phenoxy) is 3. The molecule has 2 rings (SSSR count). The van der Waals surface area contributed by atoms with Crippen molar-refractivity contribution in [1.29, 1.82) is 0 Å². The summed E-state index contributed by atoms with van der Waals surface area (Å²) in [4.78, 5) is 47.8. The minimum absolute atomic E-state index is 0.0270. The molecule has 3 N–H and O–H groups in total. The standard InChI is InChI=1S/C12H26N2O2.C11H15NO2.C10H17NO3.C3H8/c1-6-9(3)12(10(7-2)16-5)14(4)11(15)8-13;1-12-10(11(13)14-2)8-9-6-4-3-5-7-9;1-8(6-12)10(14-2)9-4-3-5-11(9)7-13;1-3-2/h9-10,12H,6-8,13H2,1-5H3;3-7,10,12H,8H2,1-2H3;6-10H,3-5H2,1-2H3;3H2,1-2H3. The molecular formula is C36H66N4O7. The van der Waals surface area contributed by atoms with Gasteiger partial charge in [-0.25, -0.2) is 0 Å². The first-order valence-corrected chi connectivity index (χ1v) is 16.9. The number of benzene rings is 1. The molecule has 11 nitrogen and oxygen atoms in total. The van der Waals surface area contributed by atoms with Crippen LogP contribution in [0.3, 0.4) is 0 Å². The molecule has 1 aliphatic rings. The van der Waals surface area contributed by atoms with Crippen LogP contribution in [-0.2, 0) is 39.8 Å².